The zero-order valence-electron chi connectivity index (χ0n) is 16.6. The van der Waals surface area contributed by atoms with Gasteiger partial charge in [0.05, 0.1) is 11.5 Å². The number of hydrogen-bond donors (Lipinski definition) is 2. The Morgan fingerprint density at radius 3 is 2.17 bits per heavy atom. The summed E-state index contributed by atoms with van der Waals surface area (Å²) < 4.78 is 23.7. The van der Waals surface area contributed by atoms with Gasteiger partial charge in [-0.15, -0.1) is 0 Å². The van der Waals surface area contributed by atoms with Crippen molar-refractivity contribution in [1.82, 2.24) is 4.90 Å². The fraction of sp³-hybridized carbons (Fsp3) is 0.364. The molecule has 2 aliphatic rings. The molecule has 158 valence electrons. The third kappa shape index (κ3) is 5.06. The monoisotopic (exact) mass is 427 g/mol. The second-order valence-corrected chi connectivity index (χ2v) is 10.1. The highest BCUT2D eigenvalue weighted by molar-refractivity contribution is 7.91. The van der Waals surface area contributed by atoms with Crippen LogP contribution in [-0.4, -0.2) is 49.7 Å². The van der Waals surface area contributed by atoms with Crippen LogP contribution < -0.4 is 10.6 Å². The van der Waals surface area contributed by atoms with Crippen LogP contribution in [0.2, 0.25) is 0 Å². The SMILES string of the molecule is O=C(Nc1cccc(NC(=O)C(c2ccccc2)N2CCS(=O)(=O)CC2)c1)C1CC1. The summed E-state index contributed by atoms with van der Waals surface area (Å²) in [6, 6.07) is 15.8. The van der Waals surface area contributed by atoms with E-state index < -0.39 is 15.9 Å². The zero-order chi connectivity index (χ0) is 21.1. The highest BCUT2D eigenvalue weighted by Gasteiger charge is 2.33. The van der Waals surface area contributed by atoms with Crippen LogP contribution in [0.25, 0.3) is 0 Å². The molecule has 2 N–H and O–H groups in total. The van der Waals surface area contributed by atoms with Gasteiger partial charge in [-0.2, -0.15) is 0 Å². The van der Waals surface area contributed by atoms with E-state index in [0.29, 0.717) is 24.5 Å². The highest BCUT2D eigenvalue weighted by Crippen LogP contribution is 2.31. The van der Waals surface area contributed by atoms with Gasteiger partial charge in [-0.3, -0.25) is 14.5 Å². The second kappa shape index (κ2) is 8.57. The van der Waals surface area contributed by atoms with Crippen molar-refractivity contribution >= 4 is 33.0 Å². The van der Waals surface area contributed by atoms with E-state index in [1.54, 1.807) is 24.3 Å². The zero-order valence-corrected chi connectivity index (χ0v) is 17.4. The van der Waals surface area contributed by atoms with Crippen LogP contribution in [0, 0.1) is 5.92 Å². The van der Waals surface area contributed by atoms with E-state index in [0.717, 1.165) is 18.4 Å². The topological polar surface area (TPSA) is 95.6 Å². The average molecular weight is 428 g/mol. The van der Waals surface area contributed by atoms with Crippen molar-refractivity contribution in [2.45, 2.75) is 18.9 Å². The molecule has 2 fully saturated rings. The quantitative estimate of drug-likeness (QED) is 0.738. The first-order valence-corrected chi connectivity index (χ1v) is 11.9. The molecule has 1 atom stereocenters. The number of nitrogens with one attached hydrogen (secondary N) is 2. The molecular weight excluding hydrogens is 402 g/mol. The predicted molar refractivity (Wildman–Crippen MR) is 116 cm³/mol. The van der Waals surface area contributed by atoms with Crippen LogP contribution in [0.4, 0.5) is 11.4 Å². The second-order valence-electron chi connectivity index (χ2n) is 7.83. The Labute approximate surface area is 176 Å². The van der Waals surface area contributed by atoms with Crippen LogP contribution >= 0.6 is 0 Å². The van der Waals surface area contributed by atoms with Crippen LogP contribution in [0.1, 0.15) is 24.4 Å². The lowest BCUT2D eigenvalue weighted by Crippen LogP contribution is -2.46. The number of amides is 2. The van der Waals surface area contributed by atoms with Crippen molar-refractivity contribution in [3.63, 3.8) is 0 Å². The molecule has 8 heteroatoms. The van der Waals surface area contributed by atoms with Gasteiger partial charge in [-0.1, -0.05) is 36.4 Å². The third-order valence-corrected chi connectivity index (χ3v) is 7.06. The van der Waals surface area contributed by atoms with E-state index in [1.807, 2.05) is 35.2 Å². The minimum atomic E-state index is -3.05. The van der Waals surface area contributed by atoms with Gasteiger partial charge in [-0.05, 0) is 36.6 Å². The molecule has 1 saturated heterocycles. The third-order valence-electron chi connectivity index (χ3n) is 5.45. The standard InChI is InChI=1S/C22H25N3O4S/c26-21(17-9-10-17)23-18-7-4-8-19(15-18)24-22(27)20(16-5-2-1-3-6-16)25-11-13-30(28,29)14-12-25/h1-8,15,17,20H,9-14H2,(H,23,26)(H,24,27). The first-order valence-electron chi connectivity index (χ1n) is 10.1. The number of benzene rings is 2. The molecule has 30 heavy (non-hydrogen) atoms. The number of nitrogens with zero attached hydrogens (tertiary/aromatic N) is 1. The maximum atomic E-state index is 13.2. The lowest BCUT2D eigenvalue weighted by atomic mass is 10.0. The van der Waals surface area contributed by atoms with E-state index in [4.69, 9.17) is 0 Å². The van der Waals surface area contributed by atoms with Gasteiger partial charge in [0.25, 0.3) is 0 Å². The lowest BCUT2D eigenvalue weighted by Gasteiger charge is -2.33. The fourth-order valence-corrected chi connectivity index (χ4v) is 4.85. The van der Waals surface area contributed by atoms with Crippen molar-refractivity contribution in [2.75, 3.05) is 35.2 Å². The van der Waals surface area contributed by atoms with Gasteiger partial charge in [-0.25, -0.2) is 8.42 Å². The molecule has 1 heterocycles. The normalized spacial score (nSPS) is 19.6. The van der Waals surface area contributed by atoms with E-state index >= 15 is 0 Å². The van der Waals surface area contributed by atoms with Gasteiger partial charge in [0, 0.05) is 30.4 Å². The number of rotatable bonds is 6. The van der Waals surface area contributed by atoms with Gasteiger partial charge >= 0.3 is 0 Å². The number of anilines is 2. The molecule has 2 aromatic carbocycles. The molecule has 7 nitrogen and oxygen atoms in total. The Bertz CT molecular complexity index is 1020. The Hall–Kier alpha value is -2.71. The van der Waals surface area contributed by atoms with E-state index in [1.165, 1.54) is 0 Å². The smallest absolute Gasteiger partial charge is 0.246 e. The first kappa shape index (κ1) is 20.6. The molecule has 0 bridgehead atoms. The summed E-state index contributed by atoms with van der Waals surface area (Å²) in [6.07, 6.45) is 1.85. The number of hydrogen-bond acceptors (Lipinski definition) is 5. The molecule has 1 aliphatic heterocycles. The Kier molecular flexibility index (Phi) is 5.87. The van der Waals surface area contributed by atoms with Crippen molar-refractivity contribution < 1.29 is 18.0 Å². The summed E-state index contributed by atoms with van der Waals surface area (Å²) in [5, 5.41) is 5.82. The van der Waals surface area contributed by atoms with Gasteiger partial charge in [0.15, 0.2) is 9.84 Å². The molecule has 0 radical (unpaired) electrons. The number of carbonyl (C=O) groups is 2. The fourth-order valence-electron chi connectivity index (χ4n) is 3.62. The predicted octanol–water partition coefficient (Wildman–Crippen LogP) is 2.45. The largest absolute Gasteiger partial charge is 0.326 e. The summed E-state index contributed by atoms with van der Waals surface area (Å²) in [7, 11) is -3.05. The maximum absolute atomic E-state index is 13.2. The Morgan fingerprint density at radius 2 is 1.53 bits per heavy atom. The summed E-state index contributed by atoms with van der Waals surface area (Å²) in [6.45, 7) is 0.625. The molecule has 1 saturated carbocycles. The van der Waals surface area contributed by atoms with Crippen LogP contribution in [-0.2, 0) is 19.4 Å². The van der Waals surface area contributed by atoms with Crippen molar-refractivity contribution in [1.29, 1.82) is 0 Å². The molecule has 2 amide bonds. The van der Waals surface area contributed by atoms with Crippen molar-refractivity contribution in [3.05, 3.63) is 60.2 Å². The number of sulfone groups is 1. The summed E-state index contributed by atoms with van der Waals surface area (Å²) in [5.41, 5.74) is 2.04. The summed E-state index contributed by atoms with van der Waals surface area (Å²) in [4.78, 5) is 27.1. The van der Waals surface area contributed by atoms with Crippen molar-refractivity contribution in [2.24, 2.45) is 5.92 Å². The molecule has 0 spiro atoms. The van der Waals surface area contributed by atoms with Gasteiger partial charge in [0.2, 0.25) is 11.8 Å². The van der Waals surface area contributed by atoms with Crippen LogP contribution in [0.5, 0.6) is 0 Å². The molecular formula is C22H25N3O4S. The van der Waals surface area contributed by atoms with Crippen LogP contribution in [0.15, 0.2) is 54.6 Å². The minimum Gasteiger partial charge on any atom is -0.326 e. The molecule has 0 aromatic heterocycles. The Balaban J connectivity index is 1.51. The lowest BCUT2D eigenvalue weighted by molar-refractivity contribution is -0.121. The van der Waals surface area contributed by atoms with E-state index in [2.05, 4.69) is 10.6 Å². The van der Waals surface area contributed by atoms with Gasteiger partial charge < -0.3 is 10.6 Å². The van der Waals surface area contributed by atoms with Gasteiger partial charge in [0.1, 0.15) is 6.04 Å². The maximum Gasteiger partial charge on any atom is 0.246 e. The minimum absolute atomic E-state index is 0.00941. The van der Waals surface area contributed by atoms with E-state index in [9.17, 15) is 18.0 Å². The van der Waals surface area contributed by atoms with Crippen LogP contribution in [0.3, 0.4) is 0 Å². The summed E-state index contributed by atoms with van der Waals surface area (Å²) >= 11 is 0. The molecule has 4 rings (SSSR count). The number of carbonyl (C=O) groups excluding carboxylic acids is 2. The molecule has 1 unspecified atom stereocenters. The van der Waals surface area contributed by atoms with Crippen molar-refractivity contribution in [3.8, 4) is 0 Å². The van der Waals surface area contributed by atoms with E-state index in [-0.39, 0.29) is 29.2 Å². The first-order chi connectivity index (χ1) is 14.4. The average Bonchev–Trinajstić information content (AvgIpc) is 3.56. The molecule has 1 aliphatic carbocycles. The molecule has 2 aromatic rings. The summed E-state index contributed by atoms with van der Waals surface area (Å²) in [5.74, 6) is -0.0269. The highest BCUT2D eigenvalue weighted by atomic mass is 32.2. The Morgan fingerprint density at radius 1 is 0.900 bits per heavy atom.